The molecule has 1 aromatic rings. The maximum atomic E-state index is 14.0. The Labute approximate surface area is 205 Å². The van der Waals surface area contributed by atoms with E-state index in [2.05, 4.69) is 39.9 Å². The van der Waals surface area contributed by atoms with Crippen LogP contribution in [0.15, 0.2) is 30.3 Å². The summed E-state index contributed by atoms with van der Waals surface area (Å²) < 4.78 is 0. The number of carbonyl (C=O) groups excluding carboxylic acids is 1. The van der Waals surface area contributed by atoms with Gasteiger partial charge in [-0.1, -0.05) is 59.2 Å². The zero-order valence-corrected chi connectivity index (χ0v) is 22.2. The highest BCUT2D eigenvalue weighted by molar-refractivity contribution is 6.33. The van der Waals surface area contributed by atoms with Crippen molar-refractivity contribution in [2.75, 3.05) is 4.90 Å². The standard InChI is InChI=1S/C27H42Cl2N2O/c1-17(2)21-13-12-19(5)16-23(21)30-26(32)31(20-10-8-7-9-11-20)24-22(18(3)4)14-15-27(6,29)25(24)28/h7-11,17-19,21-25H,12-16H2,1-6H3,(H,30,32). The minimum atomic E-state index is -0.537. The van der Waals surface area contributed by atoms with Crippen molar-refractivity contribution in [1.82, 2.24) is 5.32 Å². The van der Waals surface area contributed by atoms with Gasteiger partial charge in [-0.25, -0.2) is 4.79 Å². The molecule has 3 rings (SSSR count). The van der Waals surface area contributed by atoms with Gasteiger partial charge in [0.15, 0.2) is 0 Å². The molecular weight excluding hydrogens is 439 g/mol. The molecular formula is C27H42Cl2N2O. The molecule has 0 heterocycles. The minimum Gasteiger partial charge on any atom is -0.335 e. The lowest BCUT2D eigenvalue weighted by Crippen LogP contribution is -2.62. The largest absolute Gasteiger partial charge is 0.335 e. The molecule has 2 amide bonds. The van der Waals surface area contributed by atoms with Gasteiger partial charge in [-0.2, -0.15) is 0 Å². The number of hydrogen-bond acceptors (Lipinski definition) is 1. The lowest BCUT2D eigenvalue weighted by molar-refractivity contribution is 0.163. The van der Waals surface area contributed by atoms with Gasteiger partial charge >= 0.3 is 6.03 Å². The quantitative estimate of drug-likeness (QED) is 0.429. The zero-order valence-electron chi connectivity index (χ0n) is 20.7. The summed E-state index contributed by atoms with van der Waals surface area (Å²) in [5.41, 5.74) is 0.894. The number of alkyl halides is 2. The summed E-state index contributed by atoms with van der Waals surface area (Å²) in [7, 11) is 0. The van der Waals surface area contributed by atoms with E-state index in [0.717, 1.165) is 24.9 Å². The van der Waals surface area contributed by atoms with Crippen LogP contribution in [0, 0.1) is 29.6 Å². The molecule has 0 saturated heterocycles. The van der Waals surface area contributed by atoms with Gasteiger partial charge in [-0.3, -0.25) is 4.90 Å². The van der Waals surface area contributed by atoms with E-state index in [1.165, 1.54) is 12.8 Å². The fourth-order valence-electron chi connectivity index (χ4n) is 5.99. The third-order valence-electron chi connectivity index (χ3n) is 8.02. The Morgan fingerprint density at radius 1 is 1.06 bits per heavy atom. The number of hydrogen-bond donors (Lipinski definition) is 1. The third-order valence-corrected chi connectivity index (χ3v) is 9.29. The van der Waals surface area contributed by atoms with Gasteiger partial charge in [0.25, 0.3) is 0 Å². The normalized spacial score (nSPS) is 35.7. The predicted molar refractivity (Wildman–Crippen MR) is 138 cm³/mol. The van der Waals surface area contributed by atoms with Crippen LogP contribution in [-0.2, 0) is 0 Å². The molecule has 3 nitrogen and oxygen atoms in total. The van der Waals surface area contributed by atoms with Crippen LogP contribution < -0.4 is 10.2 Å². The van der Waals surface area contributed by atoms with Crippen molar-refractivity contribution in [2.24, 2.45) is 29.6 Å². The first-order chi connectivity index (χ1) is 15.0. The highest BCUT2D eigenvalue weighted by atomic mass is 35.5. The van der Waals surface area contributed by atoms with E-state index >= 15 is 0 Å². The van der Waals surface area contributed by atoms with Gasteiger partial charge in [-0.05, 0) is 74.3 Å². The molecule has 0 aromatic heterocycles. The SMILES string of the molecule is CC1CCC(C(C)C)C(NC(=O)N(c2ccccc2)C2C(C(C)C)CCC(C)(Cl)C2Cl)C1. The van der Waals surface area contributed by atoms with E-state index < -0.39 is 4.87 Å². The van der Waals surface area contributed by atoms with E-state index in [4.69, 9.17) is 23.2 Å². The van der Waals surface area contributed by atoms with Crippen LogP contribution in [0.2, 0.25) is 0 Å². The van der Waals surface area contributed by atoms with Gasteiger partial charge < -0.3 is 5.32 Å². The van der Waals surface area contributed by atoms with Crippen LogP contribution in [0.3, 0.4) is 0 Å². The molecule has 0 radical (unpaired) electrons. The second-order valence-corrected chi connectivity index (χ2v) is 12.5. The summed E-state index contributed by atoms with van der Waals surface area (Å²) in [4.78, 5) is 15.4. The average molecular weight is 482 g/mol. The van der Waals surface area contributed by atoms with Crippen molar-refractivity contribution < 1.29 is 4.79 Å². The van der Waals surface area contributed by atoms with Crippen LogP contribution >= 0.6 is 23.2 Å². The summed E-state index contributed by atoms with van der Waals surface area (Å²) in [5, 5.41) is 3.14. The van der Waals surface area contributed by atoms with E-state index in [1.54, 1.807) is 0 Å². The smallest absolute Gasteiger partial charge is 0.322 e. The first-order valence-corrected chi connectivity index (χ1v) is 13.3. The minimum absolute atomic E-state index is 0.0309. The summed E-state index contributed by atoms with van der Waals surface area (Å²) in [5.74, 6) is 2.38. The van der Waals surface area contributed by atoms with Crippen LogP contribution in [-0.4, -0.2) is 28.4 Å². The summed E-state index contributed by atoms with van der Waals surface area (Å²) in [6.07, 6.45) is 5.28. The number of amides is 2. The molecule has 5 heteroatoms. The van der Waals surface area contributed by atoms with Gasteiger partial charge in [0.05, 0.1) is 16.3 Å². The van der Waals surface area contributed by atoms with E-state index in [0.29, 0.717) is 29.6 Å². The average Bonchev–Trinajstić information content (AvgIpc) is 2.72. The number of nitrogens with one attached hydrogen (secondary N) is 1. The lowest BCUT2D eigenvalue weighted by Gasteiger charge is -2.50. The fourth-order valence-corrected chi connectivity index (χ4v) is 6.64. The predicted octanol–water partition coefficient (Wildman–Crippen LogP) is 7.70. The summed E-state index contributed by atoms with van der Waals surface area (Å²) >= 11 is 14.0. The molecule has 2 fully saturated rings. The molecule has 2 aliphatic rings. The van der Waals surface area contributed by atoms with Crippen molar-refractivity contribution >= 4 is 34.9 Å². The van der Waals surface area contributed by atoms with Crippen molar-refractivity contribution in [3.05, 3.63) is 30.3 Å². The van der Waals surface area contributed by atoms with E-state index in [1.807, 2.05) is 42.2 Å². The maximum Gasteiger partial charge on any atom is 0.322 e. The highest BCUT2D eigenvalue weighted by Crippen LogP contribution is 2.46. The van der Waals surface area contributed by atoms with Crippen LogP contribution in [0.5, 0.6) is 0 Å². The van der Waals surface area contributed by atoms with E-state index in [-0.39, 0.29) is 23.5 Å². The monoisotopic (exact) mass is 480 g/mol. The lowest BCUT2D eigenvalue weighted by atomic mass is 9.72. The van der Waals surface area contributed by atoms with Crippen LogP contribution in [0.25, 0.3) is 0 Å². The maximum absolute atomic E-state index is 14.0. The van der Waals surface area contributed by atoms with Crippen molar-refractivity contribution in [1.29, 1.82) is 0 Å². The van der Waals surface area contributed by atoms with Crippen molar-refractivity contribution in [2.45, 2.75) is 96.0 Å². The Balaban J connectivity index is 1.97. The Morgan fingerprint density at radius 2 is 1.69 bits per heavy atom. The molecule has 2 aliphatic carbocycles. The number of para-hydroxylation sites is 1. The van der Waals surface area contributed by atoms with Gasteiger partial charge in [0, 0.05) is 11.7 Å². The van der Waals surface area contributed by atoms with Crippen LogP contribution in [0.1, 0.15) is 73.6 Å². The Morgan fingerprint density at radius 3 is 2.28 bits per heavy atom. The molecule has 7 atom stereocenters. The molecule has 7 unspecified atom stereocenters. The second-order valence-electron chi connectivity index (χ2n) is 11.2. The van der Waals surface area contributed by atoms with Crippen molar-refractivity contribution in [3.63, 3.8) is 0 Å². The number of rotatable bonds is 5. The summed E-state index contributed by atoms with van der Waals surface area (Å²) in [6.45, 7) is 13.3. The molecule has 0 bridgehead atoms. The number of carbonyl (C=O) groups is 1. The molecule has 1 aromatic carbocycles. The molecule has 2 saturated carbocycles. The van der Waals surface area contributed by atoms with Crippen LogP contribution in [0.4, 0.5) is 10.5 Å². The van der Waals surface area contributed by atoms with Gasteiger partial charge in [0.1, 0.15) is 0 Å². The number of urea groups is 1. The van der Waals surface area contributed by atoms with Crippen molar-refractivity contribution in [3.8, 4) is 0 Å². The second kappa shape index (κ2) is 10.6. The molecule has 1 N–H and O–H groups in total. The number of benzene rings is 1. The topological polar surface area (TPSA) is 32.3 Å². The Kier molecular flexibility index (Phi) is 8.47. The number of nitrogens with zero attached hydrogens (tertiary/aromatic N) is 1. The number of halogens is 2. The first kappa shape index (κ1) is 25.7. The Hall–Kier alpha value is -0.930. The molecule has 0 aliphatic heterocycles. The molecule has 32 heavy (non-hydrogen) atoms. The summed E-state index contributed by atoms with van der Waals surface area (Å²) in [6, 6.07) is 10.0. The molecule has 0 spiro atoms. The van der Waals surface area contributed by atoms with E-state index in [9.17, 15) is 4.79 Å². The van der Waals surface area contributed by atoms with Gasteiger partial charge in [0.2, 0.25) is 0 Å². The highest BCUT2D eigenvalue weighted by Gasteiger charge is 2.50. The number of anilines is 1. The zero-order chi connectivity index (χ0) is 23.6. The Bertz CT molecular complexity index is 749. The first-order valence-electron chi connectivity index (χ1n) is 12.5. The fraction of sp³-hybridized carbons (Fsp3) is 0.741. The molecule has 180 valence electrons. The van der Waals surface area contributed by atoms with Gasteiger partial charge in [-0.15, -0.1) is 23.2 Å². The third kappa shape index (κ3) is 5.58.